The SMILES string of the molecule is CCOC(=O)c1cccc(S(=O)(=O)c2ccc(Nc3nc4c(OC(C)C)c(-c5cnn(C(C)OCC)c5)ncn4n3)c(F)c2)c1. The first kappa shape index (κ1) is 31.5. The number of benzene rings is 2. The molecular formula is C30H32FN7O6S. The minimum absolute atomic E-state index is 0.0277. The molecule has 0 aliphatic carbocycles. The van der Waals surface area contributed by atoms with Crippen LogP contribution >= 0.6 is 0 Å². The lowest BCUT2D eigenvalue weighted by Gasteiger charge is -2.13. The largest absolute Gasteiger partial charge is 0.485 e. The average molecular weight is 638 g/mol. The Morgan fingerprint density at radius 1 is 1.07 bits per heavy atom. The molecule has 5 aromatic rings. The van der Waals surface area contributed by atoms with Crippen LogP contribution in [0.4, 0.5) is 16.0 Å². The lowest BCUT2D eigenvalue weighted by Crippen LogP contribution is -2.10. The number of aromatic nitrogens is 6. The first-order valence-corrected chi connectivity index (χ1v) is 15.7. The van der Waals surface area contributed by atoms with Crippen molar-refractivity contribution in [3.63, 3.8) is 0 Å². The van der Waals surface area contributed by atoms with Crippen molar-refractivity contribution in [1.29, 1.82) is 0 Å². The van der Waals surface area contributed by atoms with E-state index in [9.17, 15) is 13.2 Å². The quantitative estimate of drug-likeness (QED) is 0.179. The van der Waals surface area contributed by atoms with E-state index >= 15 is 4.39 Å². The Morgan fingerprint density at radius 3 is 2.56 bits per heavy atom. The summed E-state index contributed by atoms with van der Waals surface area (Å²) in [7, 11) is -4.15. The maximum Gasteiger partial charge on any atom is 0.338 e. The molecule has 13 nitrogen and oxygen atoms in total. The summed E-state index contributed by atoms with van der Waals surface area (Å²) < 4.78 is 61.5. The number of esters is 1. The summed E-state index contributed by atoms with van der Waals surface area (Å²) in [5.41, 5.74) is 1.49. The number of carbonyl (C=O) groups excluding carboxylic acids is 1. The molecule has 0 bridgehead atoms. The van der Waals surface area contributed by atoms with Crippen LogP contribution in [0.2, 0.25) is 0 Å². The highest BCUT2D eigenvalue weighted by Gasteiger charge is 2.23. The van der Waals surface area contributed by atoms with Gasteiger partial charge in [0.2, 0.25) is 21.4 Å². The molecule has 236 valence electrons. The van der Waals surface area contributed by atoms with E-state index in [4.69, 9.17) is 14.2 Å². The molecule has 1 unspecified atom stereocenters. The van der Waals surface area contributed by atoms with Gasteiger partial charge in [-0.05, 0) is 71.0 Å². The number of carbonyl (C=O) groups is 1. The lowest BCUT2D eigenvalue weighted by atomic mass is 10.2. The highest BCUT2D eigenvalue weighted by atomic mass is 32.2. The van der Waals surface area contributed by atoms with Crippen LogP contribution in [0.1, 0.15) is 51.2 Å². The summed E-state index contributed by atoms with van der Waals surface area (Å²) in [6.07, 6.45) is 4.38. The highest BCUT2D eigenvalue weighted by Crippen LogP contribution is 2.33. The fourth-order valence-electron chi connectivity index (χ4n) is 4.44. The van der Waals surface area contributed by atoms with Gasteiger partial charge in [0, 0.05) is 18.4 Å². The summed E-state index contributed by atoms with van der Waals surface area (Å²) in [4.78, 5) is 20.7. The van der Waals surface area contributed by atoms with Crippen LogP contribution in [0.3, 0.4) is 0 Å². The molecule has 1 N–H and O–H groups in total. The third-order valence-corrected chi connectivity index (χ3v) is 8.26. The minimum Gasteiger partial charge on any atom is -0.485 e. The van der Waals surface area contributed by atoms with Crippen LogP contribution in [0.5, 0.6) is 5.75 Å². The van der Waals surface area contributed by atoms with Gasteiger partial charge in [0.1, 0.15) is 24.1 Å². The maximum absolute atomic E-state index is 15.3. The molecule has 45 heavy (non-hydrogen) atoms. The molecule has 3 heterocycles. The first-order chi connectivity index (χ1) is 21.5. The first-order valence-electron chi connectivity index (χ1n) is 14.2. The molecule has 3 aromatic heterocycles. The number of halogens is 1. The van der Waals surface area contributed by atoms with Gasteiger partial charge in [0.15, 0.2) is 5.75 Å². The van der Waals surface area contributed by atoms with Crippen LogP contribution in [-0.2, 0) is 19.3 Å². The molecule has 0 saturated heterocycles. The lowest BCUT2D eigenvalue weighted by molar-refractivity contribution is 0.0160. The molecule has 0 saturated carbocycles. The molecule has 0 fully saturated rings. The maximum atomic E-state index is 15.3. The number of hydrogen-bond donors (Lipinski definition) is 1. The van der Waals surface area contributed by atoms with Gasteiger partial charge in [-0.25, -0.2) is 27.3 Å². The number of hydrogen-bond acceptors (Lipinski definition) is 11. The van der Waals surface area contributed by atoms with Crippen LogP contribution < -0.4 is 10.1 Å². The van der Waals surface area contributed by atoms with E-state index in [0.29, 0.717) is 29.3 Å². The van der Waals surface area contributed by atoms with Gasteiger partial charge < -0.3 is 19.5 Å². The Labute approximate surface area is 258 Å². The smallest absolute Gasteiger partial charge is 0.338 e. The number of fused-ring (bicyclic) bond motifs is 1. The summed E-state index contributed by atoms with van der Waals surface area (Å²) in [6.45, 7) is 9.82. The van der Waals surface area contributed by atoms with Crippen LogP contribution in [-0.4, -0.2) is 63.1 Å². The van der Waals surface area contributed by atoms with Crippen molar-refractivity contribution in [1.82, 2.24) is 29.4 Å². The van der Waals surface area contributed by atoms with E-state index in [0.717, 1.165) is 6.07 Å². The van der Waals surface area contributed by atoms with E-state index < -0.39 is 21.6 Å². The molecule has 15 heteroatoms. The summed E-state index contributed by atoms with van der Waals surface area (Å²) >= 11 is 0. The van der Waals surface area contributed by atoms with E-state index in [1.54, 1.807) is 24.0 Å². The van der Waals surface area contributed by atoms with Gasteiger partial charge in [-0.2, -0.15) is 14.6 Å². The second-order valence-electron chi connectivity index (χ2n) is 10.1. The monoisotopic (exact) mass is 637 g/mol. The predicted molar refractivity (Wildman–Crippen MR) is 162 cm³/mol. The molecular weight excluding hydrogens is 605 g/mol. The van der Waals surface area contributed by atoms with Crippen molar-refractivity contribution in [3.05, 3.63) is 72.6 Å². The highest BCUT2D eigenvalue weighted by molar-refractivity contribution is 7.91. The molecule has 0 spiro atoms. The van der Waals surface area contributed by atoms with E-state index in [2.05, 4.69) is 25.5 Å². The standard InChI is InChI=1S/C30H32FN7O6S/c1-6-42-19(5)37-16-21(15-33-37)26-27(44-18(3)4)28-35-30(36-38(28)17-32-26)34-25-12-11-23(14-24(25)31)45(40,41)22-10-8-9-20(13-22)29(39)43-7-2/h8-19H,6-7H2,1-5H3,(H,34,36). The average Bonchev–Trinajstić information content (AvgIpc) is 3.66. The number of anilines is 2. The van der Waals surface area contributed by atoms with Gasteiger partial charge in [-0.15, -0.1) is 5.10 Å². The second-order valence-corrected chi connectivity index (χ2v) is 12.0. The Kier molecular flexibility index (Phi) is 9.11. The molecule has 1 atom stereocenters. The third kappa shape index (κ3) is 6.63. The number of nitrogens with one attached hydrogen (secondary N) is 1. The van der Waals surface area contributed by atoms with Gasteiger partial charge in [0.25, 0.3) is 0 Å². The zero-order valence-corrected chi connectivity index (χ0v) is 26.1. The van der Waals surface area contributed by atoms with Crippen molar-refractivity contribution in [2.24, 2.45) is 0 Å². The van der Waals surface area contributed by atoms with Gasteiger partial charge in [-0.3, -0.25) is 0 Å². The van der Waals surface area contributed by atoms with Gasteiger partial charge in [-0.1, -0.05) is 6.07 Å². The molecule has 0 amide bonds. The van der Waals surface area contributed by atoms with Crippen molar-refractivity contribution in [3.8, 4) is 17.0 Å². The van der Waals surface area contributed by atoms with E-state index in [1.807, 2.05) is 27.7 Å². The molecule has 0 aliphatic rings. The normalized spacial score (nSPS) is 12.4. The summed E-state index contributed by atoms with van der Waals surface area (Å²) in [5.74, 6) is -1.14. The zero-order valence-electron chi connectivity index (χ0n) is 25.3. The number of sulfone groups is 1. The van der Waals surface area contributed by atoms with Crippen LogP contribution in [0, 0.1) is 5.82 Å². The number of nitrogens with zero attached hydrogens (tertiary/aromatic N) is 6. The van der Waals surface area contributed by atoms with E-state index in [1.165, 1.54) is 47.2 Å². The Hall–Kier alpha value is -4.89. The number of ether oxygens (including phenoxy) is 3. The van der Waals surface area contributed by atoms with Crippen molar-refractivity contribution in [2.45, 2.75) is 56.7 Å². The molecule has 0 aliphatic heterocycles. The predicted octanol–water partition coefficient (Wildman–Crippen LogP) is 5.22. The fraction of sp³-hybridized carbons (Fsp3) is 0.300. The Morgan fingerprint density at radius 2 is 1.84 bits per heavy atom. The van der Waals surface area contributed by atoms with Crippen LogP contribution in [0.25, 0.3) is 16.9 Å². The fourth-order valence-corrected chi connectivity index (χ4v) is 5.76. The van der Waals surface area contributed by atoms with Crippen molar-refractivity contribution < 1.29 is 31.8 Å². The Balaban J connectivity index is 1.44. The molecule has 0 radical (unpaired) electrons. The third-order valence-electron chi connectivity index (χ3n) is 6.51. The minimum atomic E-state index is -4.15. The second kappa shape index (κ2) is 13.0. The van der Waals surface area contributed by atoms with E-state index in [-0.39, 0.29) is 45.9 Å². The molecule has 5 rings (SSSR count). The van der Waals surface area contributed by atoms with Crippen LogP contribution in [0.15, 0.2) is 71.0 Å². The van der Waals surface area contributed by atoms with Gasteiger partial charge >= 0.3 is 5.97 Å². The van der Waals surface area contributed by atoms with Crippen molar-refractivity contribution in [2.75, 3.05) is 18.5 Å². The Bertz CT molecular complexity index is 1960. The van der Waals surface area contributed by atoms with Crippen molar-refractivity contribution >= 4 is 33.1 Å². The zero-order chi connectivity index (χ0) is 32.3. The number of rotatable bonds is 12. The summed E-state index contributed by atoms with van der Waals surface area (Å²) in [5, 5.41) is 11.5. The van der Waals surface area contributed by atoms with Gasteiger partial charge in [0.05, 0.1) is 39.9 Å². The molecule has 2 aromatic carbocycles. The topological polar surface area (TPSA) is 152 Å². The summed E-state index contributed by atoms with van der Waals surface area (Å²) in [6, 6.07) is 8.80.